The fourth-order valence-electron chi connectivity index (χ4n) is 3.00. The summed E-state index contributed by atoms with van der Waals surface area (Å²) in [6, 6.07) is 4.55. The molecule has 3 rings (SSSR count). The van der Waals surface area contributed by atoms with Gasteiger partial charge >= 0.3 is 6.03 Å². The maximum absolute atomic E-state index is 12.6. The van der Waals surface area contributed by atoms with E-state index in [4.69, 9.17) is 9.47 Å². The minimum atomic E-state index is -0.438. The number of urea groups is 1. The van der Waals surface area contributed by atoms with Crippen molar-refractivity contribution in [2.24, 2.45) is 0 Å². The van der Waals surface area contributed by atoms with Gasteiger partial charge in [-0.05, 0) is 18.6 Å². The molecular weight excluding hydrogens is 358 g/mol. The summed E-state index contributed by atoms with van der Waals surface area (Å²) in [7, 11) is 3.08. The van der Waals surface area contributed by atoms with Crippen molar-refractivity contribution in [3.05, 3.63) is 18.2 Å². The lowest BCUT2D eigenvalue weighted by Gasteiger charge is -2.20. The molecule has 0 bridgehead atoms. The van der Waals surface area contributed by atoms with E-state index in [0.29, 0.717) is 36.7 Å². The zero-order valence-electron chi connectivity index (χ0n) is 14.7. The number of hydrogen-bond donors (Lipinski definition) is 1. The Bertz CT molecular complexity index is 726. The van der Waals surface area contributed by atoms with E-state index < -0.39 is 6.04 Å². The molecule has 2 heterocycles. The Hall–Kier alpha value is -2.42. The SMILES string of the molecule is COc1ccc(N2CCN(CC(=O)NC3CCSC3=O)C2=O)cc1OC. The van der Waals surface area contributed by atoms with Crippen LogP contribution in [0, 0.1) is 0 Å². The number of carbonyl (C=O) groups is 3. The standard InChI is InChI=1S/C17H21N3O5S/c1-24-13-4-3-11(9-14(13)25-2)20-7-6-19(17(20)23)10-15(21)18-12-5-8-26-16(12)22/h3-4,9,12H,5-8,10H2,1-2H3,(H,18,21). The molecule has 1 N–H and O–H groups in total. The van der Waals surface area contributed by atoms with Crippen LogP contribution >= 0.6 is 11.8 Å². The summed E-state index contributed by atoms with van der Waals surface area (Å²) >= 11 is 1.23. The first kappa shape index (κ1) is 18.4. The highest BCUT2D eigenvalue weighted by atomic mass is 32.2. The predicted molar refractivity (Wildman–Crippen MR) is 97.9 cm³/mol. The molecular formula is C17H21N3O5S. The average molecular weight is 379 g/mol. The molecule has 2 aliphatic rings. The lowest BCUT2D eigenvalue weighted by atomic mass is 10.2. The van der Waals surface area contributed by atoms with E-state index in [9.17, 15) is 14.4 Å². The summed E-state index contributed by atoms with van der Waals surface area (Å²) in [5.41, 5.74) is 0.679. The van der Waals surface area contributed by atoms with Gasteiger partial charge in [0.05, 0.1) is 20.3 Å². The lowest BCUT2D eigenvalue weighted by Crippen LogP contribution is -2.44. The van der Waals surface area contributed by atoms with E-state index in [1.54, 1.807) is 30.2 Å². The Labute approximate surface area is 155 Å². The second-order valence-electron chi connectivity index (χ2n) is 5.97. The molecule has 140 valence electrons. The highest BCUT2D eigenvalue weighted by Crippen LogP contribution is 2.32. The number of amides is 3. The van der Waals surface area contributed by atoms with Gasteiger partial charge in [-0.15, -0.1) is 0 Å². The molecule has 1 aromatic rings. The molecule has 8 nitrogen and oxygen atoms in total. The smallest absolute Gasteiger partial charge is 0.325 e. The Morgan fingerprint density at radius 3 is 2.65 bits per heavy atom. The molecule has 9 heteroatoms. The van der Waals surface area contributed by atoms with Crippen LogP contribution < -0.4 is 19.7 Å². The maximum atomic E-state index is 12.6. The molecule has 1 unspecified atom stereocenters. The second-order valence-corrected chi connectivity index (χ2v) is 7.07. The van der Waals surface area contributed by atoms with Crippen LogP contribution in [-0.2, 0) is 9.59 Å². The van der Waals surface area contributed by atoms with E-state index in [1.165, 1.54) is 23.8 Å². The Morgan fingerprint density at radius 1 is 1.23 bits per heavy atom. The first-order valence-corrected chi connectivity index (χ1v) is 9.26. The largest absolute Gasteiger partial charge is 0.493 e. The van der Waals surface area contributed by atoms with Gasteiger partial charge < -0.3 is 19.7 Å². The first-order valence-electron chi connectivity index (χ1n) is 8.28. The number of ether oxygens (including phenoxy) is 2. The fourth-order valence-corrected chi connectivity index (χ4v) is 3.93. The Balaban J connectivity index is 1.62. The normalized spacial score (nSPS) is 19.8. The molecule has 0 aliphatic carbocycles. The number of rotatable bonds is 6. The molecule has 0 radical (unpaired) electrons. The van der Waals surface area contributed by atoms with Crippen LogP contribution in [0.5, 0.6) is 11.5 Å². The topological polar surface area (TPSA) is 88.2 Å². The second kappa shape index (κ2) is 7.86. The highest BCUT2D eigenvalue weighted by molar-refractivity contribution is 8.14. The van der Waals surface area contributed by atoms with Crippen molar-refractivity contribution >= 4 is 34.5 Å². The lowest BCUT2D eigenvalue weighted by molar-refractivity contribution is -0.124. The van der Waals surface area contributed by atoms with Crippen molar-refractivity contribution in [2.45, 2.75) is 12.5 Å². The van der Waals surface area contributed by atoms with Crippen molar-refractivity contribution in [1.82, 2.24) is 10.2 Å². The summed E-state index contributed by atoms with van der Waals surface area (Å²) in [5, 5.41) is 2.69. The van der Waals surface area contributed by atoms with E-state index >= 15 is 0 Å². The minimum Gasteiger partial charge on any atom is -0.493 e. The van der Waals surface area contributed by atoms with Crippen LogP contribution in [-0.4, -0.2) is 67.6 Å². The van der Waals surface area contributed by atoms with Crippen LogP contribution in [0.15, 0.2) is 18.2 Å². The number of carbonyl (C=O) groups excluding carboxylic acids is 3. The molecule has 0 spiro atoms. The van der Waals surface area contributed by atoms with Crippen LogP contribution in [0.3, 0.4) is 0 Å². The molecule has 2 saturated heterocycles. The van der Waals surface area contributed by atoms with Crippen LogP contribution in [0.1, 0.15) is 6.42 Å². The molecule has 0 saturated carbocycles. The summed E-state index contributed by atoms with van der Waals surface area (Å²) in [5.74, 6) is 1.53. The molecule has 3 amide bonds. The summed E-state index contributed by atoms with van der Waals surface area (Å²) in [6.45, 7) is 0.852. The third-order valence-corrected chi connectivity index (χ3v) is 5.39. The van der Waals surface area contributed by atoms with Gasteiger partial charge in [0.25, 0.3) is 0 Å². The van der Waals surface area contributed by atoms with Crippen molar-refractivity contribution in [1.29, 1.82) is 0 Å². The molecule has 0 aromatic heterocycles. The molecule has 1 atom stereocenters. The number of thioether (sulfide) groups is 1. The quantitative estimate of drug-likeness (QED) is 0.796. The van der Waals surface area contributed by atoms with E-state index in [1.807, 2.05) is 0 Å². The summed E-state index contributed by atoms with van der Waals surface area (Å²) in [6.07, 6.45) is 0.640. The maximum Gasteiger partial charge on any atom is 0.325 e. The first-order chi connectivity index (χ1) is 12.5. The van der Waals surface area contributed by atoms with Crippen molar-refractivity contribution < 1.29 is 23.9 Å². The zero-order chi connectivity index (χ0) is 18.7. The van der Waals surface area contributed by atoms with E-state index in [0.717, 1.165) is 5.75 Å². The van der Waals surface area contributed by atoms with Gasteiger partial charge in [0.15, 0.2) is 11.5 Å². The molecule has 2 fully saturated rings. The van der Waals surface area contributed by atoms with E-state index in [-0.39, 0.29) is 23.6 Å². The van der Waals surface area contributed by atoms with Gasteiger partial charge in [-0.1, -0.05) is 11.8 Å². The highest BCUT2D eigenvalue weighted by Gasteiger charge is 2.33. The number of hydrogen-bond acceptors (Lipinski definition) is 6. The van der Waals surface area contributed by atoms with Gasteiger partial charge in [0.2, 0.25) is 11.0 Å². The predicted octanol–water partition coefficient (Wildman–Crippen LogP) is 1.09. The van der Waals surface area contributed by atoms with Gasteiger partial charge in [-0.25, -0.2) is 4.79 Å². The Morgan fingerprint density at radius 2 is 2.00 bits per heavy atom. The third-order valence-electron chi connectivity index (χ3n) is 4.38. The van der Waals surface area contributed by atoms with Crippen molar-refractivity contribution in [2.75, 3.05) is 44.5 Å². The molecule has 2 aliphatic heterocycles. The fraction of sp³-hybridized carbons (Fsp3) is 0.471. The monoisotopic (exact) mass is 379 g/mol. The number of nitrogens with zero attached hydrogens (tertiary/aromatic N) is 2. The van der Waals surface area contributed by atoms with Gasteiger partial charge in [-0.2, -0.15) is 0 Å². The van der Waals surface area contributed by atoms with Crippen LogP contribution in [0.4, 0.5) is 10.5 Å². The molecule has 26 heavy (non-hydrogen) atoms. The van der Waals surface area contributed by atoms with Gasteiger partial charge in [-0.3, -0.25) is 14.5 Å². The van der Waals surface area contributed by atoms with Crippen molar-refractivity contribution in [3.63, 3.8) is 0 Å². The zero-order valence-corrected chi connectivity index (χ0v) is 15.5. The third kappa shape index (κ3) is 3.72. The van der Waals surface area contributed by atoms with Crippen molar-refractivity contribution in [3.8, 4) is 11.5 Å². The molecule has 1 aromatic carbocycles. The minimum absolute atomic E-state index is 0.0157. The summed E-state index contributed by atoms with van der Waals surface area (Å²) < 4.78 is 10.5. The van der Waals surface area contributed by atoms with E-state index in [2.05, 4.69) is 5.32 Å². The van der Waals surface area contributed by atoms with Gasteiger partial charge in [0.1, 0.15) is 6.54 Å². The average Bonchev–Trinajstić information content (AvgIpc) is 3.20. The number of nitrogens with one attached hydrogen (secondary N) is 1. The summed E-state index contributed by atoms with van der Waals surface area (Å²) in [4.78, 5) is 39.4. The number of anilines is 1. The Kier molecular flexibility index (Phi) is 5.55. The van der Waals surface area contributed by atoms with Crippen LogP contribution in [0.25, 0.3) is 0 Å². The number of benzene rings is 1. The van der Waals surface area contributed by atoms with Gasteiger partial charge in [0, 0.05) is 30.6 Å². The van der Waals surface area contributed by atoms with Crippen LogP contribution in [0.2, 0.25) is 0 Å². The number of methoxy groups -OCH3 is 2.